The molecule has 0 spiro atoms. The molecule has 3 fully saturated rings. The maximum absolute atomic E-state index is 13.1. The number of hydrogen-bond donors (Lipinski definition) is 1. The molecule has 5 nitrogen and oxygen atoms in total. The highest BCUT2D eigenvalue weighted by Gasteiger charge is 2.63. The molecule has 21 heavy (non-hydrogen) atoms. The number of hydrogen-bond acceptors (Lipinski definition) is 3. The number of fused-ring (bicyclic) bond motifs is 2. The van der Waals surface area contributed by atoms with Gasteiger partial charge in [-0.15, -0.1) is 0 Å². The van der Waals surface area contributed by atoms with Crippen LogP contribution < -0.4 is 0 Å². The Balaban J connectivity index is 1.87. The van der Waals surface area contributed by atoms with E-state index >= 15 is 0 Å². The van der Waals surface area contributed by atoms with Gasteiger partial charge in [-0.2, -0.15) is 0 Å². The lowest BCUT2D eigenvalue weighted by Gasteiger charge is -2.44. The van der Waals surface area contributed by atoms with Gasteiger partial charge in [0.05, 0.1) is 17.4 Å². The van der Waals surface area contributed by atoms with Crippen molar-refractivity contribution in [3.8, 4) is 0 Å². The molecule has 1 N–H and O–H groups in total. The second kappa shape index (κ2) is 4.97. The number of methoxy groups -OCH3 is 1. The van der Waals surface area contributed by atoms with Crippen LogP contribution in [0, 0.1) is 10.8 Å². The summed E-state index contributed by atoms with van der Waals surface area (Å²) in [6.07, 6.45) is 5.83. The van der Waals surface area contributed by atoms with Crippen molar-refractivity contribution in [1.29, 1.82) is 0 Å². The fourth-order valence-electron chi connectivity index (χ4n) is 4.82. The average molecular weight is 295 g/mol. The summed E-state index contributed by atoms with van der Waals surface area (Å²) < 4.78 is 5.28. The number of rotatable bonds is 5. The molecule has 2 bridgehead atoms. The molecule has 0 unspecified atom stereocenters. The summed E-state index contributed by atoms with van der Waals surface area (Å²) in [6.45, 7) is 2.40. The molecule has 118 valence electrons. The summed E-state index contributed by atoms with van der Waals surface area (Å²) in [5.41, 5.74) is -1.10. The Morgan fingerprint density at radius 2 is 2.05 bits per heavy atom. The maximum Gasteiger partial charge on any atom is 0.311 e. The summed E-state index contributed by atoms with van der Waals surface area (Å²) in [6, 6.07) is -0.000266. The fraction of sp³-hybridized carbons (Fsp3) is 0.875. The molecule has 3 aliphatic rings. The number of carbonyl (C=O) groups excluding carboxylic acids is 1. The zero-order chi connectivity index (χ0) is 15.3. The number of carboxylic acids is 1. The van der Waals surface area contributed by atoms with Gasteiger partial charge >= 0.3 is 5.97 Å². The minimum Gasteiger partial charge on any atom is -0.481 e. The van der Waals surface area contributed by atoms with E-state index in [2.05, 4.69) is 0 Å². The molecule has 0 aromatic heterocycles. The maximum atomic E-state index is 13.1. The molecule has 1 amide bonds. The molecular formula is C16H25NO4. The van der Waals surface area contributed by atoms with Gasteiger partial charge in [-0.1, -0.05) is 13.3 Å². The van der Waals surface area contributed by atoms with Crippen LogP contribution in [0.15, 0.2) is 0 Å². The van der Waals surface area contributed by atoms with E-state index in [0.29, 0.717) is 19.4 Å². The van der Waals surface area contributed by atoms with Crippen LogP contribution in [0.3, 0.4) is 0 Å². The van der Waals surface area contributed by atoms with Gasteiger partial charge in [0.1, 0.15) is 0 Å². The van der Waals surface area contributed by atoms with Crippen molar-refractivity contribution < 1.29 is 19.4 Å². The van der Waals surface area contributed by atoms with Crippen molar-refractivity contribution in [2.24, 2.45) is 10.8 Å². The largest absolute Gasteiger partial charge is 0.481 e. The van der Waals surface area contributed by atoms with Crippen LogP contribution in [0.1, 0.15) is 51.9 Å². The Morgan fingerprint density at radius 1 is 1.33 bits per heavy atom. The summed E-state index contributed by atoms with van der Waals surface area (Å²) in [4.78, 5) is 26.8. The first kappa shape index (κ1) is 14.8. The Morgan fingerprint density at radius 3 is 2.48 bits per heavy atom. The highest BCUT2D eigenvalue weighted by Crippen LogP contribution is 2.55. The van der Waals surface area contributed by atoms with Crippen molar-refractivity contribution in [3.05, 3.63) is 0 Å². The quantitative estimate of drug-likeness (QED) is 0.843. The van der Waals surface area contributed by atoms with Crippen molar-refractivity contribution in [3.63, 3.8) is 0 Å². The standard InChI is InChI=1S/C16H25NO4/c1-3-16(14(19)20)9-11-5-6-12(16)17(11)13(18)15(10-21-2)7-4-8-15/h11-12H,3-10H2,1-2H3,(H,19,20)/t11-,12+,16+/m0/s1. The molecule has 0 aromatic carbocycles. The summed E-state index contributed by atoms with van der Waals surface area (Å²) in [5, 5.41) is 9.70. The van der Waals surface area contributed by atoms with Crippen LogP contribution in [0.25, 0.3) is 0 Å². The van der Waals surface area contributed by atoms with E-state index < -0.39 is 11.4 Å². The van der Waals surface area contributed by atoms with Gasteiger partial charge in [0, 0.05) is 19.2 Å². The van der Waals surface area contributed by atoms with E-state index in [0.717, 1.165) is 32.1 Å². The molecule has 2 aliphatic heterocycles. The first-order chi connectivity index (χ1) is 10.0. The lowest BCUT2D eigenvalue weighted by Crippen LogP contribution is -2.53. The van der Waals surface area contributed by atoms with Gasteiger partial charge in [0.2, 0.25) is 5.91 Å². The summed E-state index contributed by atoms with van der Waals surface area (Å²) in [5.74, 6) is -0.580. The first-order valence-electron chi connectivity index (χ1n) is 8.06. The molecule has 3 rings (SSSR count). The third-order valence-corrected chi connectivity index (χ3v) is 6.22. The van der Waals surface area contributed by atoms with E-state index in [9.17, 15) is 14.7 Å². The van der Waals surface area contributed by atoms with Crippen LogP contribution in [0.5, 0.6) is 0 Å². The van der Waals surface area contributed by atoms with Crippen LogP contribution in [0.2, 0.25) is 0 Å². The third-order valence-electron chi connectivity index (χ3n) is 6.22. The second-order valence-electron chi connectivity index (χ2n) is 7.05. The zero-order valence-electron chi connectivity index (χ0n) is 12.9. The molecule has 0 aromatic rings. The Kier molecular flexibility index (Phi) is 3.51. The minimum absolute atomic E-state index is 0.118. The van der Waals surface area contributed by atoms with Gasteiger partial charge in [-0.25, -0.2) is 0 Å². The molecule has 1 saturated carbocycles. The number of carbonyl (C=O) groups is 2. The van der Waals surface area contributed by atoms with E-state index in [1.807, 2.05) is 11.8 Å². The minimum atomic E-state index is -0.732. The molecule has 5 heteroatoms. The van der Waals surface area contributed by atoms with E-state index in [1.54, 1.807) is 7.11 Å². The highest BCUT2D eigenvalue weighted by atomic mass is 16.5. The normalized spacial score (nSPS) is 36.6. The predicted molar refractivity (Wildman–Crippen MR) is 76.8 cm³/mol. The first-order valence-corrected chi connectivity index (χ1v) is 8.06. The topological polar surface area (TPSA) is 66.8 Å². The lowest BCUT2D eigenvalue weighted by molar-refractivity contribution is -0.157. The molecular weight excluding hydrogens is 270 g/mol. The van der Waals surface area contributed by atoms with E-state index in [4.69, 9.17) is 4.74 Å². The Labute approximate surface area is 125 Å². The van der Waals surface area contributed by atoms with Crippen LogP contribution in [-0.4, -0.2) is 47.7 Å². The molecule has 0 radical (unpaired) electrons. The Bertz CT molecular complexity index is 459. The lowest BCUT2D eigenvalue weighted by atomic mass is 9.68. The molecule has 1 aliphatic carbocycles. The number of amides is 1. The van der Waals surface area contributed by atoms with Crippen LogP contribution in [-0.2, 0) is 14.3 Å². The van der Waals surface area contributed by atoms with Gasteiger partial charge in [-0.05, 0) is 38.5 Å². The summed E-state index contributed by atoms with van der Waals surface area (Å²) in [7, 11) is 1.64. The highest BCUT2D eigenvalue weighted by molar-refractivity contribution is 5.87. The zero-order valence-corrected chi connectivity index (χ0v) is 12.9. The molecule has 3 atom stereocenters. The smallest absolute Gasteiger partial charge is 0.311 e. The number of carboxylic acid groups (broad SMARTS) is 1. The van der Waals surface area contributed by atoms with E-state index in [1.165, 1.54) is 0 Å². The van der Waals surface area contributed by atoms with Crippen molar-refractivity contribution in [2.75, 3.05) is 13.7 Å². The van der Waals surface area contributed by atoms with Crippen LogP contribution in [0.4, 0.5) is 0 Å². The van der Waals surface area contributed by atoms with E-state index in [-0.39, 0.29) is 23.4 Å². The summed E-state index contributed by atoms with van der Waals surface area (Å²) >= 11 is 0. The monoisotopic (exact) mass is 295 g/mol. The van der Waals surface area contributed by atoms with Gasteiger partial charge in [0.15, 0.2) is 0 Å². The number of ether oxygens (including phenoxy) is 1. The van der Waals surface area contributed by atoms with Gasteiger partial charge in [0.25, 0.3) is 0 Å². The fourth-order valence-corrected chi connectivity index (χ4v) is 4.82. The average Bonchev–Trinajstić information content (AvgIpc) is 2.97. The number of aliphatic carboxylic acids is 1. The van der Waals surface area contributed by atoms with Crippen molar-refractivity contribution >= 4 is 11.9 Å². The Hall–Kier alpha value is -1.10. The third kappa shape index (κ3) is 1.86. The van der Waals surface area contributed by atoms with Crippen molar-refractivity contribution in [1.82, 2.24) is 4.90 Å². The second-order valence-corrected chi connectivity index (χ2v) is 7.05. The SMILES string of the molecule is CC[C@@]1(C(=O)O)C[C@@H]2CC[C@H]1N2C(=O)C1(COC)CCC1. The van der Waals surface area contributed by atoms with Crippen LogP contribution >= 0.6 is 0 Å². The van der Waals surface area contributed by atoms with Crippen molar-refractivity contribution in [2.45, 2.75) is 64.0 Å². The predicted octanol–water partition coefficient (Wildman–Crippen LogP) is 2.05. The molecule has 2 saturated heterocycles. The molecule has 2 heterocycles. The van der Waals surface area contributed by atoms with Gasteiger partial charge < -0.3 is 14.7 Å². The number of nitrogens with zero attached hydrogens (tertiary/aromatic N) is 1. The van der Waals surface area contributed by atoms with Gasteiger partial charge in [-0.3, -0.25) is 9.59 Å².